The van der Waals surface area contributed by atoms with Crippen molar-refractivity contribution in [3.63, 3.8) is 0 Å². The normalized spacial score (nSPS) is 10.7. The zero-order chi connectivity index (χ0) is 13.0. The predicted octanol–water partition coefficient (Wildman–Crippen LogP) is 0.919. The fourth-order valence-corrected chi connectivity index (χ4v) is 2.27. The standard InChI is InChI=1S/C11H13N3O3S/c15-9(12-3-1-2-10(16)17)6-8-7-14-4-5-18-11(14)13-8/h4-5,7H,1-3,6H2,(H,12,15)(H,16,17). The van der Waals surface area contributed by atoms with Crippen molar-refractivity contribution >= 4 is 28.2 Å². The number of hydrogen-bond donors (Lipinski definition) is 2. The minimum absolute atomic E-state index is 0.0699. The molecule has 2 heterocycles. The first-order chi connectivity index (χ1) is 8.65. The highest BCUT2D eigenvalue weighted by molar-refractivity contribution is 7.15. The highest BCUT2D eigenvalue weighted by Crippen LogP contribution is 2.11. The number of carbonyl (C=O) groups excluding carboxylic acids is 1. The third kappa shape index (κ3) is 3.30. The Morgan fingerprint density at radius 2 is 2.33 bits per heavy atom. The number of carbonyl (C=O) groups is 2. The van der Waals surface area contributed by atoms with Crippen LogP contribution < -0.4 is 5.32 Å². The molecule has 6 nitrogen and oxygen atoms in total. The van der Waals surface area contributed by atoms with Crippen molar-refractivity contribution in [3.05, 3.63) is 23.5 Å². The van der Waals surface area contributed by atoms with E-state index in [1.807, 2.05) is 22.2 Å². The first-order valence-electron chi connectivity index (χ1n) is 5.55. The second-order valence-corrected chi connectivity index (χ2v) is 4.72. The zero-order valence-corrected chi connectivity index (χ0v) is 10.4. The number of hydrogen-bond acceptors (Lipinski definition) is 4. The van der Waals surface area contributed by atoms with Crippen molar-refractivity contribution in [1.29, 1.82) is 0 Å². The number of carboxylic acid groups (broad SMARTS) is 1. The lowest BCUT2D eigenvalue weighted by Gasteiger charge is -2.01. The largest absolute Gasteiger partial charge is 0.481 e. The topological polar surface area (TPSA) is 83.7 Å². The van der Waals surface area contributed by atoms with Crippen LogP contribution in [0.2, 0.25) is 0 Å². The number of nitrogens with zero attached hydrogens (tertiary/aromatic N) is 2. The molecule has 96 valence electrons. The summed E-state index contributed by atoms with van der Waals surface area (Å²) in [7, 11) is 0. The van der Waals surface area contributed by atoms with Crippen molar-refractivity contribution in [2.45, 2.75) is 19.3 Å². The smallest absolute Gasteiger partial charge is 0.303 e. The molecule has 0 saturated heterocycles. The molecule has 0 atom stereocenters. The number of fused-ring (bicyclic) bond motifs is 1. The van der Waals surface area contributed by atoms with Crippen LogP contribution in [-0.4, -0.2) is 32.9 Å². The van der Waals surface area contributed by atoms with E-state index in [0.29, 0.717) is 13.0 Å². The molecular formula is C11H13N3O3S. The van der Waals surface area contributed by atoms with E-state index in [4.69, 9.17) is 5.11 Å². The lowest BCUT2D eigenvalue weighted by Crippen LogP contribution is -2.26. The second-order valence-electron chi connectivity index (χ2n) is 3.85. The van der Waals surface area contributed by atoms with Gasteiger partial charge in [0.05, 0.1) is 12.1 Å². The van der Waals surface area contributed by atoms with Gasteiger partial charge < -0.3 is 10.4 Å². The SMILES string of the molecule is O=C(O)CCCNC(=O)Cc1cn2ccsc2n1. The van der Waals surface area contributed by atoms with Crippen LogP contribution in [0.25, 0.3) is 4.96 Å². The fourth-order valence-electron chi connectivity index (χ4n) is 1.56. The molecule has 0 radical (unpaired) electrons. The molecule has 2 rings (SSSR count). The lowest BCUT2D eigenvalue weighted by molar-refractivity contribution is -0.137. The van der Waals surface area contributed by atoms with Gasteiger partial charge in [0.15, 0.2) is 4.96 Å². The summed E-state index contributed by atoms with van der Waals surface area (Å²) < 4.78 is 1.87. The van der Waals surface area contributed by atoms with Gasteiger partial charge in [0.1, 0.15) is 0 Å². The maximum atomic E-state index is 11.6. The van der Waals surface area contributed by atoms with Crippen LogP contribution in [0.15, 0.2) is 17.8 Å². The first kappa shape index (κ1) is 12.6. The van der Waals surface area contributed by atoms with Gasteiger partial charge in [-0.15, -0.1) is 11.3 Å². The van der Waals surface area contributed by atoms with Crippen LogP contribution in [-0.2, 0) is 16.0 Å². The van der Waals surface area contributed by atoms with Gasteiger partial charge in [-0.05, 0) is 6.42 Å². The highest BCUT2D eigenvalue weighted by Gasteiger charge is 2.08. The number of amides is 1. The first-order valence-corrected chi connectivity index (χ1v) is 6.42. The minimum atomic E-state index is -0.849. The van der Waals surface area contributed by atoms with Gasteiger partial charge in [-0.2, -0.15) is 0 Å². The van der Waals surface area contributed by atoms with Gasteiger partial charge >= 0.3 is 5.97 Å². The summed E-state index contributed by atoms with van der Waals surface area (Å²) in [5.41, 5.74) is 0.720. The molecule has 0 aliphatic rings. The quantitative estimate of drug-likeness (QED) is 0.762. The van der Waals surface area contributed by atoms with Gasteiger partial charge in [0.25, 0.3) is 0 Å². The van der Waals surface area contributed by atoms with E-state index in [-0.39, 0.29) is 18.7 Å². The molecule has 0 bridgehead atoms. The maximum absolute atomic E-state index is 11.6. The summed E-state index contributed by atoms with van der Waals surface area (Å²) in [6, 6.07) is 0. The Morgan fingerprint density at radius 3 is 3.06 bits per heavy atom. The number of thiazole rings is 1. The lowest BCUT2D eigenvalue weighted by atomic mass is 10.3. The molecule has 2 aromatic heterocycles. The molecule has 2 aromatic rings. The molecule has 0 unspecified atom stereocenters. The van der Waals surface area contributed by atoms with E-state index in [2.05, 4.69) is 10.3 Å². The van der Waals surface area contributed by atoms with Gasteiger partial charge in [-0.1, -0.05) is 0 Å². The molecule has 0 aromatic carbocycles. The zero-order valence-electron chi connectivity index (χ0n) is 9.63. The Hall–Kier alpha value is -1.89. The molecule has 0 spiro atoms. The molecule has 2 N–H and O–H groups in total. The van der Waals surface area contributed by atoms with Crippen molar-refractivity contribution < 1.29 is 14.7 Å². The maximum Gasteiger partial charge on any atom is 0.303 e. The summed E-state index contributed by atoms with van der Waals surface area (Å²) >= 11 is 1.51. The summed E-state index contributed by atoms with van der Waals surface area (Å²) in [6.07, 6.45) is 4.45. The van der Waals surface area contributed by atoms with E-state index < -0.39 is 5.97 Å². The number of nitrogens with one attached hydrogen (secondary N) is 1. The van der Waals surface area contributed by atoms with Crippen LogP contribution in [0.4, 0.5) is 0 Å². The molecule has 0 aliphatic heterocycles. The van der Waals surface area contributed by atoms with E-state index in [1.54, 1.807) is 0 Å². The van der Waals surface area contributed by atoms with E-state index in [1.165, 1.54) is 11.3 Å². The molecule has 0 aliphatic carbocycles. The Bertz CT molecular complexity index is 532. The summed E-state index contributed by atoms with van der Waals surface area (Å²) in [4.78, 5) is 27.0. The van der Waals surface area contributed by atoms with Gasteiger partial charge in [-0.25, -0.2) is 4.98 Å². The number of rotatable bonds is 6. The Kier molecular flexibility index (Phi) is 3.93. The Morgan fingerprint density at radius 1 is 1.50 bits per heavy atom. The van der Waals surface area contributed by atoms with E-state index >= 15 is 0 Å². The molecule has 0 fully saturated rings. The summed E-state index contributed by atoms with van der Waals surface area (Å²) in [5.74, 6) is -0.982. The van der Waals surface area contributed by atoms with E-state index in [0.717, 1.165) is 10.7 Å². The number of aliphatic carboxylic acids is 1. The van der Waals surface area contributed by atoms with Crippen LogP contribution >= 0.6 is 11.3 Å². The summed E-state index contributed by atoms with van der Waals surface area (Å²) in [5, 5.41) is 13.1. The van der Waals surface area contributed by atoms with E-state index in [9.17, 15) is 9.59 Å². The monoisotopic (exact) mass is 267 g/mol. The fraction of sp³-hybridized carbons (Fsp3) is 0.364. The third-order valence-corrected chi connectivity index (χ3v) is 3.15. The predicted molar refractivity (Wildman–Crippen MR) is 66.7 cm³/mol. The summed E-state index contributed by atoms with van der Waals surface area (Å²) in [6.45, 7) is 0.382. The Labute approximate surface area is 107 Å². The molecule has 7 heteroatoms. The number of carboxylic acids is 1. The molecule has 18 heavy (non-hydrogen) atoms. The van der Waals surface area contributed by atoms with Gasteiger partial charge in [0.2, 0.25) is 5.91 Å². The van der Waals surface area contributed by atoms with Gasteiger partial charge in [0, 0.05) is 30.7 Å². The van der Waals surface area contributed by atoms with Crippen LogP contribution in [0.1, 0.15) is 18.5 Å². The highest BCUT2D eigenvalue weighted by atomic mass is 32.1. The van der Waals surface area contributed by atoms with Crippen molar-refractivity contribution in [1.82, 2.24) is 14.7 Å². The van der Waals surface area contributed by atoms with Crippen LogP contribution in [0.5, 0.6) is 0 Å². The Balaban J connectivity index is 1.77. The minimum Gasteiger partial charge on any atom is -0.481 e. The van der Waals surface area contributed by atoms with Crippen LogP contribution in [0.3, 0.4) is 0 Å². The average molecular weight is 267 g/mol. The molecule has 0 saturated carbocycles. The number of imidazole rings is 1. The third-order valence-electron chi connectivity index (χ3n) is 2.37. The molecule has 1 amide bonds. The second kappa shape index (κ2) is 5.63. The number of aromatic nitrogens is 2. The molecular weight excluding hydrogens is 254 g/mol. The average Bonchev–Trinajstić information content (AvgIpc) is 2.84. The van der Waals surface area contributed by atoms with Crippen molar-refractivity contribution in [3.8, 4) is 0 Å². The van der Waals surface area contributed by atoms with Gasteiger partial charge in [-0.3, -0.25) is 14.0 Å². The van der Waals surface area contributed by atoms with Crippen molar-refractivity contribution in [2.75, 3.05) is 6.54 Å². The van der Waals surface area contributed by atoms with Crippen molar-refractivity contribution in [2.24, 2.45) is 0 Å². The van der Waals surface area contributed by atoms with Crippen LogP contribution in [0, 0.1) is 0 Å².